The van der Waals surface area contributed by atoms with Crippen molar-refractivity contribution in [3.63, 3.8) is 0 Å². The number of aromatic nitrogens is 2. The average molecular weight is 239 g/mol. The summed E-state index contributed by atoms with van der Waals surface area (Å²) >= 11 is 0. The highest BCUT2D eigenvalue weighted by atomic mass is 19.1. The maximum absolute atomic E-state index is 13.5. The molecule has 2 aromatic rings. The fraction of sp³-hybridized carbons (Fsp3) is 0.417. The summed E-state index contributed by atoms with van der Waals surface area (Å²) in [6.45, 7) is 5.99. The minimum Gasteiger partial charge on any atom is -0.369 e. The second kappa shape index (κ2) is 3.98. The van der Waals surface area contributed by atoms with Gasteiger partial charge < -0.3 is 10.3 Å². The SMILES string of the molecule is CC(C)C(C)n1c(N)nc2c(F)cc(F)cc21. The van der Waals surface area contributed by atoms with Crippen LogP contribution < -0.4 is 5.73 Å². The minimum absolute atomic E-state index is 0.0289. The zero-order valence-electron chi connectivity index (χ0n) is 10.0. The van der Waals surface area contributed by atoms with Crippen molar-refractivity contribution >= 4 is 17.0 Å². The van der Waals surface area contributed by atoms with Crippen LogP contribution in [0, 0.1) is 17.6 Å². The summed E-state index contributed by atoms with van der Waals surface area (Å²) in [6.07, 6.45) is 0. The molecular weight excluding hydrogens is 224 g/mol. The fourth-order valence-electron chi connectivity index (χ4n) is 1.86. The second-order valence-electron chi connectivity index (χ2n) is 4.58. The largest absolute Gasteiger partial charge is 0.369 e. The Kier molecular flexibility index (Phi) is 2.77. The van der Waals surface area contributed by atoms with Crippen LogP contribution in [0.2, 0.25) is 0 Å². The number of nitrogen functional groups attached to an aromatic ring is 1. The predicted molar refractivity (Wildman–Crippen MR) is 63.6 cm³/mol. The molecule has 1 aromatic carbocycles. The van der Waals surface area contributed by atoms with E-state index < -0.39 is 11.6 Å². The van der Waals surface area contributed by atoms with E-state index >= 15 is 0 Å². The van der Waals surface area contributed by atoms with E-state index in [1.807, 2.05) is 20.8 Å². The van der Waals surface area contributed by atoms with E-state index in [1.165, 1.54) is 6.07 Å². The van der Waals surface area contributed by atoms with Gasteiger partial charge in [-0.05, 0) is 12.8 Å². The molecular formula is C12H15F2N3. The van der Waals surface area contributed by atoms with Crippen LogP contribution in [-0.4, -0.2) is 9.55 Å². The van der Waals surface area contributed by atoms with Gasteiger partial charge in [0, 0.05) is 18.2 Å². The number of hydrogen-bond acceptors (Lipinski definition) is 2. The van der Waals surface area contributed by atoms with Gasteiger partial charge in [-0.15, -0.1) is 0 Å². The van der Waals surface area contributed by atoms with Gasteiger partial charge in [0.2, 0.25) is 5.95 Å². The van der Waals surface area contributed by atoms with Gasteiger partial charge in [-0.3, -0.25) is 0 Å². The van der Waals surface area contributed by atoms with Gasteiger partial charge in [0.15, 0.2) is 5.82 Å². The Balaban J connectivity index is 2.75. The van der Waals surface area contributed by atoms with Crippen LogP contribution in [-0.2, 0) is 0 Å². The Labute approximate surface area is 98.2 Å². The number of fused-ring (bicyclic) bond motifs is 1. The second-order valence-corrected chi connectivity index (χ2v) is 4.58. The van der Waals surface area contributed by atoms with Crippen LogP contribution in [0.15, 0.2) is 12.1 Å². The van der Waals surface area contributed by atoms with Crippen LogP contribution in [0.1, 0.15) is 26.8 Å². The van der Waals surface area contributed by atoms with Crippen molar-refractivity contribution in [3.05, 3.63) is 23.8 Å². The monoisotopic (exact) mass is 239 g/mol. The van der Waals surface area contributed by atoms with Gasteiger partial charge in [-0.2, -0.15) is 0 Å². The van der Waals surface area contributed by atoms with Gasteiger partial charge >= 0.3 is 0 Å². The first-order chi connectivity index (χ1) is 7.91. The quantitative estimate of drug-likeness (QED) is 0.875. The van der Waals surface area contributed by atoms with E-state index in [1.54, 1.807) is 4.57 Å². The number of hydrogen-bond donors (Lipinski definition) is 1. The molecule has 2 N–H and O–H groups in total. The van der Waals surface area contributed by atoms with E-state index in [2.05, 4.69) is 4.98 Å². The highest BCUT2D eigenvalue weighted by Gasteiger charge is 2.19. The molecule has 1 heterocycles. The summed E-state index contributed by atoms with van der Waals surface area (Å²) in [5.41, 5.74) is 6.30. The predicted octanol–water partition coefficient (Wildman–Crippen LogP) is 3.11. The molecule has 0 saturated heterocycles. The average Bonchev–Trinajstić information content (AvgIpc) is 2.54. The molecule has 0 radical (unpaired) electrons. The lowest BCUT2D eigenvalue weighted by molar-refractivity contribution is 0.421. The topological polar surface area (TPSA) is 43.8 Å². The molecule has 0 fully saturated rings. The van der Waals surface area contributed by atoms with Crippen molar-refractivity contribution in [2.75, 3.05) is 5.73 Å². The van der Waals surface area contributed by atoms with Crippen molar-refractivity contribution in [1.29, 1.82) is 0 Å². The van der Waals surface area contributed by atoms with Crippen LogP contribution in [0.3, 0.4) is 0 Å². The Hall–Kier alpha value is -1.65. The van der Waals surface area contributed by atoms with Crippen molar-refractivity contribution in [3.8, 4) is 0 Å². The fourth-order valence-corrected chi connectivity index (χ4v) is 1.86. The number of nitrogens with two attached hydrogens (primary N) is 1. The van der Waals surface area contributed by atoms with E-state index in [0.717, 1.165) is 6.07 Å². The summed E-state index contributed by atoms with van der Waals surface area (Å²) in [4.78, 5) is 3.96. The van der Waals surface area contributed by atoms with Crippen LogP contribution in [0.4, 0.5) is 14.7 Å². The number of nitrogens with zero attached hydrogens (tertiary/aromatic N) is 2. The molecule has 3 nitrogen and oxygen atoms in total. The van der Waals surface area contributed by atoms with Gasteiger partial charge in [0.05, 0.1) is 5.52 Å². The molecule has 0 aliphatic rings. The lowest BCUT2D eigenvalue weighted by Gasteiger charge is -2.19. The smallest absolute Gasteiger partial charge is 0.201 e. The van der Waals surface area contributed by atoms with Gasteiger partial charge in [-0.1, -0.05) is 13.8 Å². The summed E-state index contributed by atoms with van der Waals surface area (Å²) in [5.74, 6) is -0.791. The lowest BCUT2D eigenvalue weighted by Crippen LogP contribution is -2.14. The molecule has 17 heavy (non-hydrogen) atoms. The minimum atomic E-state index is -0.679. The Morgan fingerprint density at radius 2 is 1.88 bits per heavy atom. The molecule has 2 rings (SSSR count). The van der Waals surface area contributed by atoms with Gasteiger partial charge in [0.25, 0.3) is 0 Å². The maximum atomic E-state index is 13.5. The number of benzene rings is 1. The van der Waals surface area contributed by atoms with Crippen molar-refractivity contribution < 1.29 is 8.78 Å². The van der Waals surface area contributed by atoms with Gasteiger partial charge in [-0.25, -0.2) is 13.8 Å². The summed E-state index contributed by atoms with van der Waals surface area (Å²) in [6, 6.07) is 2.11. The molecule has 0 amide bonds. The lowest BCUT2D eigenvalue weighted by atomic mass is 10.1. The molecule has 5 heteroatoms. The van der Waals surface area contributed by atoms with Crippen molar-refractivity contribution in [2.45, 2.75) is 26.8 Å². The van der Waals surface area contributed by atoms with Crippen molar-refractivity contribution in [2.24, 2.45) is 5.92 Å². The molecule has 0 bridgehead atoms. The molecule has 0 spiro atoms. The Morgan fingerprint density at radius 1 is 1.24 bits per heavy atom. The third-order valence-electron chi connectivity index (χ3n) is 3.11. The number of imidazole rings is 1. The molecule has 1 aromatic heterocycles. The first-order valence-corrected chi connectivity index (χ1v) is 5.54. The molecule has 0 aliphatic heterocycles. The molecule has 0 aliphatic carbocycles. The zero-order valence-corrected chi connectivity index (χ0v) is 10.0. The van der Waals surface area contributed by atoms with E-state index in [0.29, 0.717) is 11.4 Å². The third kappa shape index (κ3) is 1.85. The molecule has 1 unspecified atom stereocenters. The normalized spacial score (nSPS) is 13.5. The highest BCUT2D eigenvalue weighted by Crippen LogP contribution is 2.28. The zero-order chi connectivity index (χ0) is 12.7. The maximum Gasteiger partial charge on any atom is 0.201 e. The third-order valence-corrected chi connectivity index (χ3v) is 3.11. The molecule has 1 atom stereocenters. The van der Waals surface area contributed by atoms with E-state index in [-0.39, 0.29) is 17.5 Å². The standard InChI is InChI=1S/C12H15F2N3/c1-6(2)7(3)17-10-5-8(13)4-9(14)11(10)16-12(17)15/h4-7H,1-3H3,(H2,15,16). The first kappa shape index (κ1) is 11.8. The number of anilines is 1. The summed E-state index contributed by atoms with van der Waals surface area (Å²) in [5, 5.41) is 0. The highest BCUT2D eigenvalue weighted by molar-refractivity contribution is 5.79. The molecule has 0 saturated carbocycles. The van der Waals surface area contributed by atoms with Crippen LogP contribution in [0.5, 0.6) is 0 Å². The Bertz CT molecular complexity index is 560. The van der Waals surface area contributed by atoms with Crippen molar-refractivity contribution in [1.82, 2.24) is 9.55 Å². The Morgan fingerprint density at radius 3 is 2.47 bits per heavy atom. The first-order valence-electron chi connectivity index (χ1n) is 5.54. The van der Waals surface area contributed by atoms with Crippen LogP contribution in [0.25, 0.3) is 11.0 Å². The van der Waals surface area contributed by atoms with E-state index in [9.17, 15) is 8.78 Å². The van der Waals surface area contributed by atoms with Gasteiger partial charge in [0.1, 0.15) is 11.3 Å². The summed E-state index contributed by atoms with van der Waals surface area (Å²) < 4.78 is 28.4. The van der Waals surface area contributed by atoms with E-state index in [4.69, 9.17) is 5.73 Å². The van der Waals surface area contributed by atoms with Crippen LogP contribution >= 0.6 is 0 Å². The number of halogens is 2. The summed E-state index contributed by atoms with van der Waals surface area (Å²) in [7, 11) is 0. The number of rotatable bonds is 2. The molecule has 92 valence electrons.